The molecule has 2 rings (SSSR count). The topological polar surface area (TPSA) is 80.3 Å². The van der Waals surface area contributed by atoms with E-state index in [-0.39, 0.29) is 17.6 Å². The monoisotopic (exact) mass is 455 g/mol. The average molecular weight is 456 g/mol. The summed E-state index contributed by atoms with van der Waals surface area (Å²) in [4.78, 5) is 28.2. The largest absolute Gasteiger partial charge is 0.444 e. The van der Waals surface area contributed by atoms with Crippen LogP contribution in [0, 0.1) is 11.3 Å². The lowest BCUT2D eigenvalue weighted by Crippen LogP contribution is -2.50. The molecule has 1 N–H and O–H groups in total. The summed E-state index contributed by atoms with van der Waals surface area (Å²) in [6, 6.07) is 0. The molecule has 0 saturated carbocycles. The third kappa shape index (κ3) is 8.77. The van der Waals surface area contributed by atoms with Crippen molar-refractivity contribution in [3.8, 4) is 0 Å². The van der Waals surface area contributed by atoms with Gasteiger partial charge in [-0.3, -0.25) is 0 Å². The molecule has 8 nitrogen and oxygen atoms in total. The molecule has 2 fully saturated rings. The molecular formula is C24H45N3O5. The number of hydrogen-bond donors (Lipinski definition) is 1. The molecule has 0 aromatic heterocycles. The van der Waals surface area contributed by atoms with E-state index in [0.29, 0.717) is 25.6 Å². The third-order valence-electron chi connectivity index (χ3n) is 6.13. The first-order valence-corrected chi connectivity index (χ1v) is 12.0. The van der Waals surface area contributed by atoms with Crippen molar-refractivity contribution in [1.29, 1.82) is 0 Å². The van der Waals surface area contributed by atoms with Crippen LogP contribution in [0.5, 0.6) is 0 Å². The maximum absolute atomic E-state index is 12.4. The van der Waals surface area contributed by atoms with Crippen LogP contribution in [-0.2, 0) is 14.2 Å². The highest BCUT2D eigenvalue weighted by atomic mass is 16.6. The fourth-order valence-corrected chi connectivity index (χ4v) is 4.36. The standard InChI is InChI=1S/C24H45N3O5/c1-22(2,3)31-20(28)26-12-8-19(9-13-26)16-25-17-24(18-30-7)10-14-27(15-11-24)21(29)32-23(4,5)6/h19,25H,8-18H2,1-7H3. The van der Waals surface area contributed by atoms with Crippen molar-refractivity contribution in [3.63, 3.8) is 0 Å². The van der Waals surface area contributed by atoms with Gasteiger partial charge in [0.15, 0.2) is 0 Å². The van der Waals surface area contributed by atoms with Crippen LogP contribution in [0.25, 0.3) is 0 Å². The highest BCUT2D eigenvalue weighted by Gasteiger charge is 2.37. The highest BCUT2D eigenvalue weighted by molar-refractivity contribution is 5.68. The summed E-state index contributed by atoms with van der Waals surface area (Å²) in [5.74, 6) is 0.551. The Morgan fingerprint density at radius 2 is 1.34 bits per heavy atom. The van der Waals surface area contributed by atoms with Gasteiger partial charge in [-0.25, -0.2) is 9.59 Å². The molecule has 186 valence electrons. The van der Waals surface area contributed by atoms with Crippen molar-refractivity contribution in [3.05, 3.63) is 0 Å². The first-order valence-electron chi connectivity index (χ1n) is 12.0. The van der Waals surface area contributed by atoms with Crippen molar-refractivity contribution >= 4 is 12.2 Å². The van der Waals surface area contributed by atoms with Crippen molar-refractivity contribution in [2.75, 3.05) is 53.0 Å². The van der Waals surface area contributed by atoms with Gasteiger partial charge >= 0.3 is 12.2 Å². The zero-order valence-electron chi connectivity index (χ0n) is 21.3. The maximum atomic E-state index is 12.4. The molecule has 0 atom stereocenters. The average Bonchev–Trinajstić information content (AvgIpc) is 2.66. The van der Waals surface area contributed by atoms with Crippen molar-refractivity contribution in [2.45, 2.75) is 78.4 Å². The van der Waals surface area contributed by atoms with Crippen molar-refractivity contribution in [2.24, 2.45) is 11.3 Å². The Kier molecular flexibility index (Phi) is 9.23. The van der Waals surface area contributed by atoms with Gasteiger partial charge in [-0.15, -0.1) is 0 Å². The minimum atomic E-state index is -0.473. The molecule has 2 aliphatic heterocycles. The quantitative estimate of drug-likeness (QED) is 0.655. The summed E-state index contributed by atoms with van der Waals surface area (Å²) < 4.78 is 16.6. The van der Waals surface area contributed by atoms with Gasteiger partial charge in [0, 0.05) is 45.2 Å². The minimum Gasteiger partial charge on any atom is -0.444 e. The molecule has 2 aliphatic rings. The van der Waals surface area contributed by atoms with Crippen LogP contribution in [0.4, 0.5) is 9.59 Å². The van der Waals surface area contributed by atoms with Crippen LogP contribution < -0.4 is 5.32 Å². The van der Waals surface area contributed by atoms with Crippen LogP contribution in [0.1, 0.15) is 67.2 Å². The molecule has 0 spiro atoms. The van der Waals surface area contributed by atoms with Crippen LogP contribution >= 0.6 is 0 Å². The summed E-state index contributed by atoms with van der Waals surface area (Å²) in [5.41, 5.74) is -0.895. The molecule has 0 unspecified atom stereocenters. The predicted octanol–water partition coefficient (Wildman–Crippen LogP) is 3.89. The smallest absolute Gasteiger partial charge is 0.410 e. The Balaban J connectivity index is 1.75. The SMILES string of the molecule is COCC1(CNCC2CCN(C(=O)OC(C)(C)C)CC2)CCN(C(=O)OC(C)(C)C)CC1. The Bertz CT molecular complexity index is 610. The van der Waals surface area contributed by atoms with Crippen LogP contribution in [0.3, 0.4) is 0 Å². The van der Waals surface area contributed by atoms with Gasteiger partial charge in [0.2, 0.25) is 0 Å². The number of nitrogens with one attached hydrogen (secondary N) is 1. The second-order valence-electron chi connectivity index (χ2n) is 11.4. The van der Waals surface area contributed by atoms with E-state index < -0.39 is 11.2 Å². The lowest BCUT2D eigenvalue weighted by molar-refractivity contribution is -0.00693. The van der Waals surface area contributed by atoms with Gasteiger partial charge in [-0.1, -0.05) is 0 Å². The minimum absolute atomic E-state index is 0.0322. The predicted molar refractivity (Wildman–Crippen MR) is 125 cm³/mol. The first kappa shape index (κ1) is 26.7. The second kappa shape index (κ2) is 11.1. The fourth-order valence-electron chi connectivity index (χ4n) is 4.36. The number of amides is 2. The van der Waals surface area contributed by atoms with E-state index in [1.807, 2.05) is 51.3 Å². The Morgan fingerprint density at radius 1 is 0.875 bits per heavy atom. The zero-order chi connectivity index (χ0) is 24.0. The van der Waals surface area contributed by atoms with Crippen LogP contribution in [0.2, 0.25) is 0 Å². The van der Waals surface area contributed by atoms with Gasteiger partial charge in [0.1, 0.15) is 11.2 Å². The van der Waals surface area contributed by atoms with Gasteiger partial charge in [0.05, 0.1) is 6.61 Å². The van der Waals surface area contributed by atoms with E-state index in [2.05, 4.69) is 5.32 Å². The number of hydrogen-bond acceptors (Lipinski definition) is 6. The number of rotatable bonds is 6. The zero-order valence-corrected chi connectivity index (χ0v) is 21.3. The Labute approximate surface area is 194 Å². The number of ether oxygens (including phenoxy) is 3. The molecule has 32 heavy (non-hydrogen) atoms. The van der Waals surface area contributed by atoms with Crippen molar-refractivity contribution < 1.29 is 23.8 Å². The van der Waals surface area contributed by atoms with E-state index in [0.717, 1.165) is 51.9 Å². The Hall–Kier alpha value is -1.54. The fraction of sp³-hybridized carbons (Fsp3) is 0.917. The lowest BCUT2D eigenvalue weighted by atomic mass is 9.79. The number of likely N-dealkylation sites (tertiary alicyclic amines) is 2. The number of nitrogens with zero attached hydrogens (tertiary/aromatic N) is 2. The molecule has 2 heterocycles. The Morgan fingerprint density at radius 3 is 1.78 bits per heavy atom. The molecule has 0 radical (unpaired) electrons. The molecule has 8 heteroatoms. The maximum Gasteiger partial charge on any atom is 0.410 e. The number of piperidine rings is 2. The van der Waals surface area contributed by atoms with Gasteiger partial charge in [-0.2, -0.15) is 0 Å². The summed E-state index contributed by atoms with van der Waals surface area (Å²) in [6.07, 6.45) is 3.31. The normalized spacial score (nSPS) is 20.2. The molecule has 0 bridgehead atoms. The summed E-state index contributed by atoms with van der Waals surface area (Å²) in [5, 5.41) is 3.67. The lowest BCUT2D eigenvalue weighted by Gasteiger charge is -2.42. The molecular weight excluding hydrogens is 410 g/mol. The molecule has 2 amide bonds. The van der Waals surface area contributed by atoms with Crippen molar-refractivity contribution in [1.82, 2.24) is 15.1 Å². The number of methoxy groups -OCH3 is 1. The highest BCUT2D eigenvalue weighted by Crippen LogP contribution is 2.32. The van der Waals surface area contributed by atoms with Gasteiger partial charge < -0.3 is 29.3 Å². The summed E-state index contributed by atoms with van der Waals surface area (Å²) in [7, 11) is 1.74. The van der Waals surface area contributed by atoms with Crippen LogP contribution in [-0.4, -0.2) is 86.2 Å². The first-order chi connectivity index (χ1) is 14.8. The summed E-state index contributed by atoms with van der Waals surface area (Å²) in [6.45, 7) is 16.7. The van der Waals surface area contributed by atoms with Gasteiger partial charge in [0.25, 0.3) is 0 Å². The molecule has 0 aliphatic carbocycles. The molecule has 0 aromatic rings. The number of carbonyl (C=O) groups is 2. The van der Waals surface area contributed by atoms with E-state index in [9.17, 15) is 9.59 Å². The summed E-state index contributed by atoms with van der Waals surface area (Å²) >= 11 is 0. The van der Waals surface area contributed by atoms with Crippen LogP contribution in [0.15, 0.2) is 0 Å². The number of carbonyl (C=O) groups excluding carboxylic acids is 2. The second-order valence-corrected chi connectivity index (χ2v) is 11.4. The van der Waals surface area contributed by atoms with E-state index in [4.69, 9.17) is 14.2 Å². The van der Waals surface area contributed by atoms with E-state index in [1.165, 1.54) is 0 Å². The van der Waals surface area contributed by atoms with Gasteiger partial charge in [-0.05, 0) is 79.7 Å². The molecule has 2 saturated heterocycles. The van der Waals surface area contributed by atoms with E-state index in [1.54, 1.807) is 7.11 Å². The van der Waals surface area contributed by atoms with E-state index >= 15 is 0 Å². The molecule has 0 aromatic carbocycles. The third-order valence-corrected chi connectivity index (χ3v) is 6.13.